The lowest BCUT2D eigenvalue weighted by Gasteiger charge is -2.28. The summed E-state index contributed by atoms with van der Waals surface area (Å²) in [6.45, 7) is 3.62. The van der Waals surface area contributed by atoms with Crippen LogP contribution < -0.4 is 16.0 Å². The van der Waals surface area contributed by atoms with E-state index in [1.54, 1.807) is 20.9 Å². The van der Waals surface area contributed by atoms with E-state index >= 15 is 0 Å². The summed E-state index contributed by atoms with van der Waals surface area (Å²) < 4.78 is 0. The van der Waals surface area contributed by atoms with E-state index in [1.807, 2.05) is 0 Å². The van der Waals surface area contributed by atoms with Crippen molar-refractivity contribution in [3.05, 3.63) is 0 Å². The normalized spacial score (nSPS) is 20.8. The summed E-state index contributed by atoms with van der Waals surface area (Å²) in [5.74, 6) is -0.666. The van der Waals surface area contributed by atoms with Crippen molar-refractivity contribution < 1.29 is 19.2 Å². The lowest BCUT2D eigenvalue weighted by Crippen LogP contribution is -2.55. The molecule has 3 amide bonds. The van der Waals surface area contributed by atoms with Crippen LogP contribution in [0.5, 0.6) is 0 Å². The second kappa shape index (κ2) is 9.63. The van der Waals surface area contributed by atoms with Gasteiger partial charge in [0.2, 0.25) is 17.7 Å². The SMILES string of the molecule is CNC(CS)C(=O)NC(C)C(=O)N1CCCC1C(=O)NC(C)C=O. The van der Waals surface area contributed by atoms with E-state index in [2.05, 4.69) is 28.6 Å². The molecule has 24 heavy (non-hydrogen) atoms. The summed E-state index contributed by atoms with van der Waals surface area (Å²) in [5.41, 5.74) is 0. The number of nitrogens with zero attached hydrogens (tertiary/aromatic N) is 1. The predicted octanol–water partition coefficient (Wildman–Crippen LogP) is -1.30. The Morgan fingerprint density at radius 2 is 1.96 bits per heavy atom. The molecule has 0 aromatic rings. The molecule has 1 saturated heterocycles. The number of carbonyl (C=O) groups is 4. The minimum Gasteiger partial charge on any atom is -0.345 e. The van der Waals surface area contributed by atoms with Crippen molar-refractivity contribution in [3.8, 4) is 0 Å². The highest BCUT2D eigenvalue weighted by molar-refractivity contribution is 7.80. The molecular formula is C15H26N4O4S. The number of likely N-dealkylation sites (N-methyl/N-ethyl adjacent to an activating group) is 1. The molecule has 1 heterocycles. The topological polar surface area (TPSA) is 108 Å². The second-order valence-corrected chi connectivity index (χ2v) is 6.24. The molecule has 1 aliphatic heterocycles. The molecule has 136 valence electrons. The van der Waals surface area contributed by atoms with Crippen LogP contribution in [0.15, 0.2) is 0 Å². The lowest BCUT2D eigenvalue weighted by molar-refractivity contribution is -0.141. The van der Waals surface area contributed by atoms with Crippen LogP contribution in [0.3, 0.4) is 0 Å². The van der Waals surface area contributed by atoms with E-state index in [1.165, 1.54) is 4.90 Å². The van der Waals surface area contributed by atoms with Crippen LogP contribution in [0.1, 0.15) is 26.7 Å². The fourth-order valence-corrected chi connectivity index (χ4v) is 2.94. The molecule has 0 aromatic heterocycles. The minimum atomic E-state index is -0.745. The molecule has 0 saturated carbocycles. The van der Waals surface area contributed by atoms with Crippen LogP contribution in [0.2, 0.25) is 0 Å². The van der Waals surface area contributed by atoms with Gasteiger partial charge in [0.05, 0.1) is 12.1 Å². The standard InChI is InChI=1S/C15H26N4O4S/c1-9(7-20)17-14(22)12-5-4-6-19(12)15(23)10(2)18-13(21)11(8-24)16-3/h7,9-12,16,24H,4-6,8H2,1-3H3,(H,17,22)(H,18,21). The summed E-state index contributed by atoms with van der Waals surface area (Å²) in [5, 5.41) is 8.01. The van der Waals surface area contributed by atoms with Crippen LogP contribution in [-0.4, -0.2) is 72.4 Å². The van der Waals surface area contributed by atoms with E-state index in [0.29, 0.717) is 31.4 Å². The first-order valence-electron chi connectivity index (χ1n) is 8.00. The molecular weight excluding hydrogens is 332 g/mol. The van der Waals surface area contributed by atoms with Gasteiger partial charge in [-0.15, -0.1) is 0 Å². The number of thiol groups is 1. The number of likely N-dealkylation sites (tertiary alicyclic amines) is 1. The van der Waals surface area contributed by atoms with Crippen LogP contribution >= 0.6 is 12.6 Å². The lowest BCUT2D eigenvalue weighted by atomic mass is 10.1. The van der Waals surface area contributed by atoms with E-state index < -0.39 is 24.2 Å². The van der Waals surface area contributed by atoms with E-state index in [-0.39, 0.29) is 17.7 Å². The molecule has 0 aliphatic carbocycles. The molecule has 1 rings (SSSR count). The molecule has 0 bridgehead atoms. The summed E-state index contributed by atoms with van der Waals surface area (Å²) in [6.07, 6.45) is 1.88. The Bertz CT molecular complexity index is 484. The number of nitrogens with one attached hydrogen (secondary N) is 3. The molecule has 8 nitrogen and oxygen atoms in total. The zero-order chi connectivity index (χ0) is 18.3. The van der Waals surface area contributed by atoms with Gasteiger partial charge in [-0.1, -0.05) is 0 Å². The predicted molar refractivity (Wildman–Crippen MR) is 92.7 cm³/mol. The zero-order valence-corrected chi connectivity index (χ0v) is 15.1. The van der Waals surface area contributed by atoms with Gasteiger partial charge in [0.1, 0.15) is 18.4 Å². The maximum absolute atomic E-state index is 12.6. The molecule has 3 N–H and O–H groups in total. The number of hydrogen-bond acceptors (Lipinski definition) is 6. The van der Waals surface area contributed by atoms with E-state index in [4.69, 9.17) is 0 Å². The maximum atomic E-state index is 12.6. The number of hydrogen-bond donors (Lipinski definition) is 4. The third-order valence-corrected chi connectivity index (χ3v) is 4.35. The molecule has 9 heteroatoms. The molecule has 0 aromatic carbocycles. The highest BCUT2D eigenvalue weighted by atomic mass is 32.1. The van der Waals surface area contributed by atoms with Crippen LogP contribution in [0.4, 0.5) is 0 Å². The van der Waals surface area contributed by atoms with Gasteiger partial charge >= 0.3 is 0 Å². The second-order valence-electron chi connectivity index (χ2n) is 5.88. The first kappa shape index (κ1) is 20.4. The van der Waals surface area contributed by atoms with Crippen molar-refractivity contribution >= 4 is 36.6 Å². The van der Waals surface area contributed by atoms with Crippen molar-refractivity contribution in [2.75, 3.05) is 19.3 Å². The third-order valence-electron chi connectivity index (χ3n) is 3.99. The van der Waals surface area contributed by atoms with Gasteiger partial charge in [-0.2, -0.15) is 12.6 Å². The maximum Gasteiger partial charge on any atom is 0.245 e. The Morgan fingerprint density at radius 3 is 2.50 bits per heavy atom. The van der Waals surface area contributed by atoms with Crippen LogP contribution in [0, 0.1) is 0 Å². The van der Waals surface area contributed by atoms with Gasteiger partial charge in [-0.05, 0) is 33.7 Å². The minimum absolute atomic E-state index is 0.307. The summed E-state index contributed by atoms with van der Waals surface area (Å²) in [6, 6.07) is -2.44. The summed E-state index contributed by atoms with van der Waals surface area (Å²) in [7, 11) is 1.64. The fourth-order valence-electron chi connectivity index (χ4n) is 2.59. The van der Waals surface area contributed by atoms with E-state index in [0.717, 1.165) is 0 Å². The average Bonchev–Trinajstić information content (AvgIpc) is 3.04. The van der Waals surface area contributed by atoms with Gasteiger partial charge < -0.3 is 25.6 Å². The molecule has 0 spiro atoms. The average molecular weight is 358 g/mol. The Kier molecular flexibility index (Phi) is 8.20. The number of amides is 3. The van der Waals surface area contributed by atoms with E-state index in [9.17, 15) is 19.2 Å². The van der Waals surface area contributed by atoms with Crippen LogP contribution in [0.25, 0.3) is 0 Å². The van der Waals surface area contributed by atoms with Crippen LogP contribution in [-0.2, 0) is 19.2 Å². The third kappa shape index (κ3) is 5.20. The smallest absolute Gasteiger partial charge is 0.245 e. The molecule has 1 aliphatic rings. The van der Waals surface area contributed by atoms with Gasteiger partial charge in [0.15, 0.2) is 0 Å². The van der Waals surface area contributed by atoms with Gasteiger partial charge in [-0.25, -0.2) is 0 Å². The van der Waals surface area contributed by atoms with Gasteiger partial charge in [-0.3, -0.25) is 14.4 Å². The summed E-state index contributed by atoms with van der Waals surface area (Å²) in [4.78, 5) is 48.9. The van der Waals surface area contributed by atoms with Crippen molar-refractivity contribution in [3.63, 3.8) is 0 Å². The van der Waals surface area contributed by atoms with Crippen molar-refractivity contribution in [1.82, 2.24) is 20.9 Å². The molecule has 4 atom stereocenters. The monoisotopic (exact) mass is 358 g/mol. The first-order chi connectivity index (χ1) is 11.3. The Labute approximate surface area is 147 Å². The largest absolute Gasteiger partial charge is 0.345 e. The molecule has 4 unspecified atom stereocenters. The Morgan fingerprint density at radius 1 is 1.29 bits per heavy atom. The number of carbonyl (C=O) groups excluding carboxylic acids is 4. The zero-order valence-electron chi connectivity index (χ0n) is 14.2. The first-order valence-corrected chi connectivity index (χ1v) is 8.63. The fraction of sp³-hybridized carbons (Fsp3) is 0.733. The van der Waals surface area contributed by atoms with Gasteiger partial charge in [0, 0.05) is 12.3 Å². The quantitative estimate of drug-likeness (QED) is 0.319. The number of rotatable bonds is 8. The van der Waals surface area contributed by atoms with Crippen molar-refractivity contribution in [2.45, 2.75) is 50.9 Å². The van der Waals surface area contributed by atoms with Gasteiger partial charge in [0.25, 0.3) is 0 Å². The Balaban J connectivity index is 2.69. The van der Waals surface area contributed by atoms with Crippen molar-refractivity contribution in [2.24, 2.45) is 0 Å². The van der Waals surface area contributed by atoms with Crippen molar-refractivity contribution in [1.29, 1.82) is 0 Å². The Hall–Kier alpha value is -1.61. The highest BCUT2D eigenvalue weighted by Gasteiger charge is 2.36. The summed E-state index contributed by atoms with van der Waals surface area (Å²) >= 11 is 4.08. The highest BCUT2D eigenvalue weighted by Crippen LogP contribution is 2.18. The number of aldehydes is 1. The molecule has 1 fully saturated rings. The molecule has 0 radical (unpaired) electrons.